The summed E-state index contributed by atoms with van der Waals surface area (Å²) in [6, 6.07) is 15.8. The predicted molar refractivity (Wildman–Crippen MR) is 89.7 cm³/mol. The highest BCUT2D eigenvalue weighted by Gasteiger charge is 2.06. The summed E-state index contributed by atoms with van der Waals surface area (Å²) >= 11 is 0. The number of benzene rings is 2. The van der Waals surface area contributed by atoms with Crippen LogP contribution in [0.2, 0.25) is 0 Å². The molecule has 5 nitrogen and oxygen atoms in total. The van der Waals surface area contributed by atoms with Crippen molar-refractivity contribution in [2.24, 2.45) is 7.05 Å². The number of hydrogen-bond acceptors (Lipinski definition) is 4. The number of rotatable bonds is 2. The molecule has 2 aromatic carbocycles. The van der Waals surface area contributed by atoms with Crippen LogP contribution in [-0.4, -0.2) is 19.3 Å². The standard InChI is InChI=1S/C11H10NO.C7H8O3S/c1-12-7-6-9(8-13)10-4-2-3-5-11(10)12;1-6-4-2-3-5-7(6)11(8,9)10/h2-8H,1H3;2-5H,1H3,(H,8,9,10)/q+1;/p-1. The summed E-state index contributed by atoms with van der Waals surface area (Å²) in [6.07, 6.45) is 2.79. The van der Waals surface area contributed by atoms with Gasteiger partial charge in [0, 0.05) is 17.7 Å². The van der Waals surface area contributed by atoms with Crippen molar-refractivity contribution in [3.63, 3.8) is 0 Å². The van der Waals surface area contributed by atoms with Crippen LogP contribution in [0, 0.1) is 6.92 Å². The van der Waals surface area contributed by atoms with E-state index in [4.69, 9.17) is 0 Å². The third kappa shape index (κ3) is 4.04. The Bertz CT molecular complexity index is 981. The van der Waals surface area contributed by atoms with Crippen LogP contribution in [0.3, 0.4) is 0 Å². The average molecular weight is 343 g/mol. The highest BCUT2D eigenvalue weighted by molar-refractivity contribution is 7.85. The van der Waals surface area contributed by atoms with E-state index in [2.05, 4.69) is 0 Å². The van der Waals surface area contributed by atoms with E-state index in [0.29, 0.717) is 5.56 Å². The van der Waals surface area contributed by atoms with Gasteiger partial charge in [-0.05, 0) is 24.6 Å². The molecule has 0 bridgehead atoms. The minimum Gasteiger partial charge on any atom is -0.744 e. The second-order valence-electron chi connectivity index (χ2n) is 5.24. The fourth-order valence-corrected chi connectivity index (χ4v) is 3.03. The zero-order valence-electron chi connectivity index (χ0n) is 13.3. The zero-order chi connectivity index (χ0) is 17.7. The van der Waals surface area contributed by atoms with Crippen molar-refractivity contribution >= 4 is 27.3 Å². The molecule has 24 heavy (non-hydrogen) atoms. The Labute approximate surface area is 140 Å². The Kier molecular flexibility index (Phi) is 5.43. The normalized spacial score (nSPS) is 10.8. The van der Waals surface area contributed by atoms with Gasteiger partial charge in [-0.1, -0.05) is 30.3 Å². The van der Waals surface area contributed by atoms with E-state index >= 15 is 0 Å². The molecule has 0 aliphatic rings. The Hall–Kier alpha value is -2.57. The minimum absolute atomic E-state index is 0.139. The van der Waals surface area contributed by atoms with Crippen molar-refractivity contribution in [3.8, 4) is 0 Å². The van der Waals surface area contributed by atoms with Crippen LogP contribution in [0.15, 0.2) is 65.7 Å². The van der Waals surface area contributed by atoms with Crippen LogP contribution < -0.4 is 4.57 Å². The molecule has 0 aliphatic carbocycles. The quantitative estimate of drug-likeness (QED) is 0.406. The smallest absolute Gasteiger partial charge is 0.212 e. The molecular formula is C18H17NO4S. The first-order valence-electron chi connectivity index (χ1n) is 7.18. The summed E-state index contributed by atoms with van der Waals surface area (Å²) < 4.78 is 33.5. The van der Waals surface area contributed by atoms with E-state index in [1.165, 1.54) is 12.1 Å². The SMILES string of the molecule is C[n+]1ccc(C=O)c2ccccc21.Cc1ccccc1S(=O)(=O)[O-]. The number of aromatic nitrogens is 1. The Morgan fingerprint density at radius 2 is 1.62 bits per heavy atom. The van der Waals surface area contributed by atoms with E-state index in [1.54, 1.807) is 19.1 Å². The molecule has 0 radical (unpaired) electrons. The lowest BCUT2D eigenvalue weighted by atomic mass is 10.1. The maximum absolute atomic E-state index is 10.7. The van der Waals surface area contributed by atoms with Crippen LogP contribution in [0.25, 0.3) is 10.9 Å². The largest absolute Gasteiger partial charge is 0.744 e. The number of fused-ring (bicyclic) bond motifs is 1. The molecule has 0 saturated heterocycles. The molecule has 1 heterocycles. The maximum atomic E-state index is 10.7. The van der Waals surface area contributed by atoms with Gasteiger partial charge in [0.15, 0.2) is 12.5 Å². The average Bonchev–Trinajstić information content (AvgIpc) is 2.55. The monoisotopic (exact) mass is 343 g/mol. The minimum atomic E-state index is -4.28. The van der Waals surface area contributed by atoms with Gasteiger partial charge in [0.2, 0.25) is 5.52 Å². The summed E-state index contributed by atoms with van der Waals surface area (Å²) in [5.74, 6) is 0. The zero-order valence-corrected chi connectivity index (χ0v) is 14.2. The lowest BCUT2D eigenvalue weighted by molar-refractivity contribution is -0.644. The summed E-state index contributed by atoms with van der Waals surface area (Å²) in [5, 5.41) is 1.00. The third-order valence-electron chi connectivity index (χ3n) is 3.56. The summed E-state index contributed by atoms with van der Waals surface area (Å²) in [7, 11) is -2.31. The van der Waals surface area contributed by atoms with Gasteiger partial charge in [0.1, 0.15) is 17.2 Å². The van der Waals surface area contributed by atoms with Gasteiger partial charge in [-0.25, -0.2) is 13.0 Å². The van der Waals surface area contributed by atoms with Crippen molar-refractivity contribution in [1.29, 1.82) is 0 Å². The number of nitrogens with zero attached hydrogens (tertiary/aromatic N) is 1. The fraction of sp³-hybridized carbons (Fsp3) is 0.111. The molecule has 0 spiro atoms. The molecular weight excluding hydrogens is 326 g/mol. The number of aryl methyl sites for hydroxylation is 2. The van der Waals surface area contributed by atoms with E-state index in [-0.39, 0.29) is 4.90 Å². The number of hydrogen-bond donors (Lipinski definition) is 0. The number of carbonyl (C=O) groups is 1. The molecule has 0 N–H and O–H groups in total. The molecule has 3 rings (SSSR count). The van der Waals surface area contributed by atoms with Crippen LogP contribution in [0.5, 0.6) is 0 Å². The van der Waals surface area contributed by atoms with Crippen LogP contribution >= 0.6 is 0 Å². The molecule has 0 amide bonds. The van der Waals surface area contributed by atoms with Crippen molar-refractivity contribution in [2.75, 3.05) is 0 Å². The third-order valence-corrected chi connectivity index (χ3v) is 4.56. The number of para-hydroxylation sites is 1. The molecule has 6 heteroatoms. The van der Waals surface area contributed by atoms with Crippen LogP contribution in [0.4, 0.5) is 0 Å². The van der Waals surface area contributed by atoms with Crippen LogP contribution in [-0.2, 0) is 17.2 Å². The van der Waals surface area contributed by atoms with Gasteiger partial charge in [0.25, 0.3) is 0 Å². The second-order valence-corrected chi connectivity index (χ2v) is 6.58. The lowest BCUT2D eigenvalue weighted by Gasteiger charge is -2.08. The van der Waals surface area contributed by atoms with Gasteiger partial charge in [0.05, 0.1) is 10.3 Å². The first kappa shape index (κ1) is 17.8. The van der Waals surface area contributed by atoms with Crippen molar-refractivity contribution in [1.82, 2.24) is 0 Å². The summed E-state index contributed by atoms with van der Waals surface area (Å²) in [6.45, 7) is 1.59. The van der Waals surface area contributed by atoms with E-state index < -0.39 is 10.1 Å². The Morgan fingerprint density at radius 1 is 1.00 bits per heavy atom. The Balaban J connectivity index is 0.000000177. The molecule has 124 valence electrons. The number of carbonyl (C=O) groups excluding carboxylic acids is 1. The van der Waals surface area contributed by atoms with Crippen molar-refractivity contribution in [3.05, 3.63) is 71.9 Å². The first-order valence-corrected chi connectivity index (χ1v) is 8.59. The first-order chi connectivity index (χ1) is 11.3. The molecule has 0 unspecified atom stereocenters. The number of aldehydes is 1. The van der Waals surface area contributed by atoms with Gasteiger partial charge in [-0.3, -0.25) is 4.79 Å². The van der Waals surface area contributed by atoms with Gasteiger partial charge < -0.3 is 4.55 Å². The Morgan fingerprint density at radius 3 is 2.21 bits per heavy atom. The molecule has 0 aliphatic heterocycles. The lowest BCUT2D eigenvalue weighted by Crippen LogP contribution is -2.28. The van der Waals surface area contributed by atoms with Gasteiger partial charge in [-0.2, -0.15) is 0 Å². The highest BCUT2D eigenvalue weighted by Crippen LogP contribution is 2.13. The second kappa shape index (κ2) is 7.33. The topological polar surface area (TPSA) is 78.1 Å². The molecule has 3 aromatic rings. The molecule has 0 atom stereocenters. The molecule has 0 fully saturated rings. The van der Waals surface area contributed by atoms with E-state index in [0.717, 1.165) is 22.8 Å². The number of pyridine rings is 1. The van der Waals surface area contributed by atoms with E-state index in [1.807, 2.05) is 48.1 Å². The van der Waals surface area contributed by atoms with E-state index in [9.17, 15) is 17.8 Å². The van der Waals surface area contributed by atoms with Crippen molar-refractivity contribution in [2.45, 2.75) is 11.8 Å². The maximum Gasteiger partial charge on any atom is 0.212 e. The predicted octanol–water partition coefficient (Wildman–Crippen LogP) is 2.38. The highest BCUT2D eigenvalue weighted by atomic mass is 32.2. The van der Waals surface area contributed by atoms with Gasteiger partial charge >= 0.3 is 0 Å². The molecule has 0 saturated carbocycles. The fourth-order valence-electron chi connectivity index (χ4n) is 2.33. The van der Waals surface area contributed by atoms with Crippen LogP contribution in [0.1, 0.15) is 15.9 Å². The van der Waals surface area contributed by atoms with Crippen molar-refractivity contribution < 1.29 is 22.3 Å². The molecule has 1 aromatic heterocycles. The van der Waals surface area contributed by atoms with Gasteiger partial charge in [-0.15, -0.1) is 0 Å². The summed E-state index contributed by atoms with van der Waals surface area (Å²) in [5.41, 5.74) is 2.31. The summed E-state index contributed by atoms with van der Waals surface area (Å²) in [4.78, 5) is 10.6.